The molecule has 1 unspecified atom stereocenters. The lowest BCUT2D eigenvalue weighted by Crippen LogP contribution is -2.03. The lowest BCUT2D eigenvalue weighted by atomic mass is 9.95. The van der Waals surface area contributed by atoms with E-state index in [0.29, 0.717) is 0 Å². The van der Waals surface area contributed by atoms with E-state index in [1.54, 1.807) is 23.5 Å². The highest BCUT2D eigenvalue weighted by molar-refractivity contribution is 7.10. The van der Waals surface area contributed by atoms with Crippen LogP contribution in [0.2, 0.25) is 0 Å². The number of hydrogen-bond acceptors (Lipinski definition) is 2. The fraction of sp³-hybridized carbons (Fsp3) is 0.154. The molecule has 0 aliphatic rings. The number of hydrogen-bond donors (Lipinski definition) is 0. The first-order chi connectivity index (χ1) is 8.16. The van der Waals surface area contributed by atoms with Gasteiger partial charge in [0.15, 0.2) is 0 Å². The quantitative estimate of drug-likeness (QED) is 0.761. The molecule has 0 spiro atoms. The van der Waals surface area contributed by atoms with E-state index < -0.39 is 0 Å². The number of halogens is 2. The van der Waals surface area contributed by atoms with Gasteiger partial charge in [0, 0.05) is 17.2 Å². The first-order valence-corrected chi connectivity index (χ1v) is 6.40. The molecule has 4 heteroatoms. The molecule has 1 nitrogen and oxygen atoms in total. The number of thiophene rings is 1. The summed E-state index contributed by atoms with van der Waals surface area (Å²) in [7, 11) is 0. The largest absolute Gasteiger partial charge is 0.281 e. The summed E-state index contributed by atoms with van der Waals surface area (Å²) >= 11 is 7.03. The summed E-state index contributed by atoms with van der Waals surface area (Å²) in [5.74, 6) is -0.364. The average Bonchev–Trinajstić information content (AvgIpc) is 2.80. The summed E-state index contributed by atoms with van der Waals surface area (Å²) in [5.41, 5.74) is 0.905. The third-order valence-electron chi connectivity index (χ3n) is 2.52. The van der Waals surface area contributed by atoms with E-state index >= 15 is 0 Å². The Bertz CT molecular complexity index is 493. The molecule has 88 valence electrons. The minimum absolute atomic E-state index is 0.0828. The summed E-state index contributed by atoms with van der Waals surface area (Å²) in [4.78, 5) is 12.1. The second-order valence-corrected chi connectivity index (χ2v) is 5.08. The van der Waals surface area contributed by atoms with Gasteiger partial charge in [-0.1, -0.05) is 18.2 Å². The van der Waals surface area contributed by atoms with Crippen LogP contribution in [0.1, 0.15) is 22.8 Å². The second kappa shape index (κ2) is 5.43. The van der Waals surface area contributed by atoms with Crippen LogP contribution in [0.5, 0.6) is 0 Å². The molecule has 2 rings (SSSR count). The van der Waals surface area contributed by atoms with Gasteiger partial charge in [-0.25, -0.2) is 4.39 Å². The van der Waals surface area contributed by atoms with Crippen molar-refractivity contribution in [3.8, 4) is 0 Å². The summed E-state index contributed by atoms with van der Waals surface area (Å²) in [6, 6.07) is 10.1. The highest BCUT2D eigenvalue weighted by atomic mass is 35.5. The van der Waals surface area contributed by atoms with E-state index in [1.165, 1.54) is 12.1 Å². The first kappa shape index (κ1) is 12.3. The SMILES string of the molecule is O=C(Cl)CC(c1ccc(F)cc1)c1cccs1. The molecular weight excluding hydrogens is 259 g/mol. The van der Waals surface area contributed by atoms with Gasteiger partial charge >= 0.3 is 0 Å². The van der Waals surface area contributed by atoms with Gasteiger partial charge in [-0.2, -0.15) is 0 Å². The van der Waals surface area contributed by atoms with Gasteiger partial charge in [0.25, 0.3) is 0 Å². The molecule has 1 aromatic carbocycles. The molecule has 0 saturated carbocycles. The first-order valence-electron chi connectivity index (χ1n) is 5.14. The number of carbonyl (C=O) groups excluding carboxylic acids is 1. The van der Waals surface area contributed by atoms with Crippen LogP contribution in [0.25, 0.3) is 0 Å². The minimum atomic E-state index is -0.382. The number of benzene rings is 1. The van der Waals surface area contributed by atoms with Crippen molar-refractivity contribution < 1.29 is 9.18 Å². The third kappa shape index (κ3) is 3.14. The molecule has 0 saturated heterocycles. The minimum Gasteiger partial charge on any atom is -0.281 e. The molecule has 2 aromatic rings. The molecule has 1 aromatic heterocycles. The van der Waals surface area contributed by atoms with Crippen LogP contribution < -0.4 is 0 Å². The monoisotopic (exact) mass is 268 g/mol. The van der Waals surface area contributed by atoms with Crippen LogP contribution in [0.15, 0.2) is 41.8 Å². The van der Waals surface area contributed by atoms with Crippen molar-refractivity contribution in [3.63, 3.8) is 0 Å². The maximum absolute atomic E-state index is 12.9. The van der Waals surface area contributed by atoms with E-state index in [1.807, 2.05) is 17.5 Å². The lowest BCUT2D eigenvalue weighted by molar-refractivity contribution is -0.111. The molecule has 0 amide bonds. The number of carbonyl (C=O) groups is 1. The predicted molar refractivity (Wildman–Crippen MR) is 68.0 cm³/mol. The van der Waals surface area contributed by atoms with Crippen molar-refractivity contribution in [1.82, 2.24) is 0 Å². The third-order valence-corrected chi connectivity index (χ3v) is 3.66. The summed E-state index contributed by atoms with van der Waals surface area (Å²) in [6.45, 7) is 0. The number of rotatable bonds is 4. The van der Waals surface area contributed by atoms with Crippen LogP contribution in [-0.4, -0.2) is 5.24 Å². The predicted octanol–water partition coefficient (Wildman–Crippen LogP) is 4.17. The van der Waals surface area contributed by atoms with Gasteiger partial charge in [0.2, 0.25) is 5.24 Å². The van der Waals surface area contributed by atoms with Crippen molar-refractivity contribution in [2.75, 3.05) is 0 Å². The average molecular weight is 269 g/mol. The van der Waals surface area contributed by atoms with Crippen molar-refractivity contribution in [2.24, 2.45) is 0 Å². The Labute approximate surface area is 108 Å². The zero-order valence-electron chi connectivity index (χ0n) is 8.90. The maximum Gasteiger partial charge on any atom is 0.222 e. The standard InChI is InChI=1S/C13H10ClFOS/c14-13(16)8-11(12-2-1-7-17-12)9-3-5-10(15)6-4-9/h1-7,11H,8H2. The van der Waals surface area contributed by atoms with Gasteiger partial charge in [-0.15, -0.1) is 11.3 Å². The Balaban J connectivity index is 2.33. The Hall–Kier alpha value is -1.19. The van der Waals surface area contributed by atoms with Crippen LogP contribution >= 0.6 is 22.9 Å². The fourth-order valence-electron chi connectivity index (χ4n) is 1.73. The lowest BCUT2D eigenvalue weighted by Gasteiger charge is -2.13. The zero-order valence-corrected chi connectivity index (χ0v) is 10.5. The Morgan fingerprint density at radius 1 is 1.29 bits per heavy atom. The molecule has 0 N–H and O–H groups in total. The second-order valence-electron chi connectivity index (χ2n) is 3.68. The molecular formula is C13H10ClFOS. The van der Waals surface area contributed by atoms with E-state index in [0.717, 1.165) is 10.4 Å². The highest BCUT2D eigenvalue weighted by Gasteiger charge is 2.18. The molecule has 0 bridgehead atoms. The van der Waals surface area contributed by atoms with E-state index in [2.05, 4.69) is 0 Å². The van der Waals surface area contributed by atoms with E-state index in [-0.39, 0.29) is 23.4 Å². The normalized spacial score (nSPS) is 12.4. The van der Waals surface area contributed by atoms with Gasteiger partial charge in [-0.05, 0) is 40.7 Å². The van der Waals surface area contributed by atoms with Crippen LogP contribution in [0, 0.1) is 5.82 Å². The van der Waals surface area contributed by atoms with E-state index in [9.17, 15) is 9.18 Å². The molecule has 0 aliphatic carbocycles. The van der Waals surface area contributed by atoms with Crippen molar-refractivity contribution in [3.05, 3.63) is 58.0 Å². The molecule has 1 atom stereocenters. The van der Waals surface area contributed by atoms with Crippen molar-refractivity contribution in [2.45, 2.75) is 12.3 Å². The summed E-state index contributed by atoms with van der Waals surface area (Å²) in [6.07, 6.45) is 0.230. The van der Waals surface area contributed by atoms with Gasteiger partial charge < -0.3 is 0 Å². The molecule has 17 heavy (non-hydrogen) atoms. The topological polar surface area (TPSA) is 17.1 Å². The summed E-state index contributed by atoms with van der Waals surface area (Å²) < 4.78 is 12.9. The summed E-state index contributed by atoms with van der Waals surface area (Å²) in [5, 5.41) is 1.57. The van der Waals surface area contributed by atoms with Gasteiger partial charge in [0.05, 0.1) is 0 Å². The van der Waals surface area contributed by atoms with Crippen LogP contribution in [-0.2, 0) is 4.79 Å². The van der Waals surface area contributed by atoms with Crippen molar-refractivity contribution in [1.29, 1.82) is 0 Å². The maximum atomic E-state index is 12.9. The van der Waals surface area contributed by atoms with Crippen LogP contribution in [0.3, 0.4) is 0 Å². The molecule has 0 fully saturated rings. The van der Waals surface area contributed by atoms with Gasteiger partial charge in [-0.3, -0.25) is 4.79 Å². The van der Waals surface area contributed by atoms with Crippen LogP contribution in [0.4, 0.5) is 4.39 Å². The Morgan fingerprint density at radius 3 is 2.53 bits per heavy atom. The van der Waals surface area contributed by atoms with Gasteiger partial charge in [0.1, 0.15) is 5.82 Å². The smallest absolute Gasteiger partial charge is 0.222 e. The zero-order chi connectivity index (χ0) is 12.3. The Kier molecular flexibility index (Phi) is 3.92. The molecule has 0 aliphatic heterocycles. The molecule has 0 radical (unpaired) electrons. The molecule has 1 heterocycles. The highest BCUT2D eigenvalue weighted by Crippen LogP contribution is 2.31. The van der Waals surface area contributed by atoms with Crippen molar-refractivity contribution >= 4 is 28.2 Å². The fourth-order valence-corrected chi connectivity index (χ4v) is 2.74. The van der Waals surface area contributed by atoms with E-state index in [4.69, 9.17) is 11.6 Å². The Morgan fingerprint density at radius 2 is 2.00 bits per heavy atom.